The number of para-hydroxylation sites is 2. The number of imidazole rings is 2. The zero-order chi connectivity index (χ0) is 13.5. The monoisotopic (exact) mass is 283 g/mol. The summed E-state index contributed by atoms with van der Waals surface area (Å²) in [5, 5.41) is 1.45. The van der Waals surface area contributed by atoms with Crippen molar-refractivity contribution in [3.05, 3.63) is 30.6 Å². The number of benzene rings is 1. The van der Waals surface area contributed by atoms with Crippen LogP contribution in [-0.4, -0.2) is 29.9 Å². The van der Waals surface area contributed by atoms with Crippen LogP contribution in [0.3, 0.4) is 0 Å². The van der Waals surface area contributed by atoms with Crippen LogP contribution >= 0.6 is 11.8 Å². The van der Waals surface area contributed by atoms with E-state index >= 15 is 0 Å². The van der Waals surface area contributed by atoms with Gasteiger partial charge in [0.1, 0.15) is 10.5 Å². The van der Waals surface area contributed by atoms with Gasteiger partial charge >= 0.3 is 0 Å². The van der Waals surface area contributed by atoms with Crippen molar-refractivity contribution in [2.24, 2.45) is 0 Å². The van der Waals surface area contributed by atoms with Crippen molar-refractivity contribution < 1.29 is 0 Å². The highest BCUT2D eigenvalue weighted by Crippen LogP contribution is 2.29. The zero-order valence-corrected chi connectivity index (χ0v) is 11.0. The van der Waals surface area contributed by atoms with E-state index in [9.17, 15) is 0 Å². The van der Waals surface area contributed by atoms with Crippen LogP contribution in [0.4, 0.5) is 5.95 Å². The molecule has 0 bridgehead atoms. The zero-order valence-electron chi connectivity index (χ0n) is 10.2. The number of nitrogens with two attached hydrogens (primary N) is 1. The summed E-state index contributed by atoms with van der Waals surface area (Å²) in [5.41, 5.74) is 8.90. The molecular formula is C12H9N7S. The van der Waals surface area contributed by atoms with Crippen LogP contribution < -0.4 is 5.73 Å². The number of rotatable bonds is 2. The van der Waals surface area contributed by atoms with E-state index in [0.717, 1.165) is 21.7 Å². The maximum absolute atomic E-state index is 5.69. The largest absolute Gasteiger partial charge is 0.368 e. The fourth-order valence-corrected chi connectivity index (χ4v) is 2.85. The van der Waals surface area contributed by atoms with Crippen LogP contribution in [-0.2, 0) is 0 Å². The average molecular weight is 283 g/mol. The fourth-order valence-electron chi connectivity index (χ4n) is 1.97. The smallest absolute Gasteiger partial charge is 0.223 e. The van der Waals surface area contributed by atoms with Crippen molar-refractivity contribution in [2.75, 3.05) is 5.73 Å². The minimum Gasteiger partial charge on any atom is -0.368 e. The third kappa shape index (κ3) is 1.77. The summed E-state index contributed by atoms with van der Waals surface area (Å²) >= 11 is 1.39. The van der Waals surface area contributed by atoms with Crippen LogP contribution in [0, 0.1) is 0 Å². The Hall–Kier alpha value is -2.61. The summed E-state index contributed by atoms with van der Waals surface area (Å²) in [5.74, 6) is 0.197. The molecule has 3 heterocycles. The molecule has 0 atom stereocenters. The lowest BCUT2D eigenvalue weighted by Crippen LogP contribution is -1.97. The highest BCUT2D eigenvalue weighted by molar-refractivity contribution is 7.99. The Balaban J connectivity index is 1.81. The van der Waals surface area contributed by atoms with Gasteiger partial charge in [0.25, 0.3) is 0 Å². The van der Waals surface area contributed by atoms with Gasteiger partial charge in [-0.3, -0.25) is 0 Å². The van der Waals surface area contributed by atoms with Crippen molar-refractivity contribution in [3.63, 3.8) is 0 Å². The van der Waals surface area contributed by atoms with E-state index in [1.54, 1.807) is 6.33 Å². The molecule has 0 aliphatic rings. The molecular weight excluding hydrogens is 274 g/mol. The summed E-state index contributed by atoms with van der Waals surface area (Å²) in [4.78, 5) is 23.1. The lowest BCUT2D eigenvalue weighted by molar-refractivity contribution is 1.05. The van der Waals surface area contributed by atoms with Crippen molar-refractivity contribution in [3.8, 4) is 0 Å². The number of nitrogens with one attached hydrogen (secondary N) is 2. The van der Waals surface area contributed by atoms with Crippen LogP contribution in [0.2, 0.25) is 0 Å². The number of aromatic nitrogens is 6. The first-order valence-corrected chi connectivity index (χ1v) is 6.70. The summed E-state index contributed by atoms with van der Waals surface area (Å²) in [6.07, 6.45) is 1.57. The van der Waals surface area contributed by atoms with Gasteiger partial charge in [0.2, 0.25) is 5.95 Å². The topological polar surface area (TPSA) is 109 Å². The van der Waals surface area contributed by atoms with Crippen LogP contribution in [0.25, 0.3) is 22.2 Å². The highest BCUT2D eigenvalue weighted by Gasteiger charge is 2.12. The van der Waals surface area contributed by atoms with E-state index in [2.05, 4.69) is 29.9 Å². The first-order chi connectivity index (χ1) is 9.79. The molecule has 0 fully saturated rings. The first-order valence-electron chi connectivity index (χ1n) is 5.89. The van der Waals surface area contributed by atoms with Gasteiger partial charge in [0.05, 0.1) is 17.4 Å². The molecule has 4 aromatic rings. The molecule has 1 aromatic carbocycles. The molecule has 0 unspecified atom stereocenters. The Morgan fingerprint density at radius 1 is 1.10 bits per heavy atom. The molecule has 4 rings (SSSR count). The van der Waals surface area contributed by atoms with E-state index in [-0.39, 0.29) is 5.95 Å². The standard InChI is InChI=1S/C12H9N7S/c13-11-18-9-8(14-5-15-9)10(19-11)20-12-16-6-3-1-2-4-7(6)17-12/h1-5H,(H,16,17)(H3,13,14,15,18,19). The molecule has 7 nitrogen and oxygen atoms in total. The minimum atomic E-state index is 0.197. The van der Waals surface area contributed by atoms with Crippen LogP contribution in [0.15, 0.2) is 40.8 Å². The number of H-pyrrole nitrogens is 2. The van der Waals surface area contributed by atoms with Crippen molar-refractivity contribution in [1.29, 1.82) is 0 Å². The Bertz CT molecular complexity index is 877. The molecule has 98 valence electrons. The molecule has 0 saturated heterocycles. The second-order valence-electron chi connectivity index (χ2n) is 4.15. The second-order valence-corrected chi connectivity index (χ2v) is 5.13. The van der Waals surface area contributed by atoms with Gasteiger partial charge in [-0.2, -0.15) is 4.98 Å². The van der Waals surface area contributed by atoms with Crippen molar-refractivity contribution in [2.45, 2.75) is 10.2 Å². The predicted molar refractivity (Wildman–Crippen MR) is 76.3 cm³/mol. The molecule has 20 heavy (non-hydrogen) atoms. The number of hydrogen-bond acceptors (Lipinski definition) is 6. The van der Waals surface area contributed by atoms with Gasteiger partial charge in [-0.25, -0.2) is 15.0 Å². The Morgan fingerprint density at radius 2 is 2.00 bits per heavy atom. The summed E-state index contributed by atoms with van der Waals surface area (Å²) in [6.45, 7) is 0. The maximum atomic E-state index is 5.69. The van der Waals surface area contributed by atoms with Gasteiger partial charge in [-0.1, -0.05) is 12.1 Å². The van der Waals surface area contributed by atoms with E-state index in [0.29, 0.717) is 10.7 Å². The number of anilines is 1. The lowest BCUT2D eigenvalue weighted by Gasteiger charge is -1.99. The third-order valence-corrected chi connectivity index (χ3v) is 3.71. The molecule has 0 spiro atoms. The molecule has 0 amide bonds. The normalized spacial score (nSPS) is 11.4. The van der Waals surface area contributed by atoms with Gasteiger partial charge in [-0.15, -0.1) is 0 Å². The van der Waals surface area contributed by atoms with E-state index in [4.69, 9.17) is 5.73 Å². The first kappa shape index (κ1) is 11.2. The Morgan fingerprint density at radius 3 is 2.90 bits per heavy atom. The number of hydrogen-bond donors (Lipinski definition) is 3. The van der Waals surface area contributed by atoms with E-state index in [1.807, 2.05) is 24.3 Å². The van der Waals surface area contributed by atoms with Gasteiger partial charge in [-0.05, 0) is 23.9 Å². The number of fused-ring (bicyclic) bond motifs is 2. The van der Waals surface area contributed by atoms with Gasteiger partial charge in [0.15, 0.2) is 10.8 Å². The van der Waals surface area contributed by atoms with Crippen molar-refractivity contribution >= 4 is 39.9 Å². The maximum Gasteiger partial charge on any atom is 0.223 e. The highest BCUT2D eigenvalue weighted by atomic mass is 32.2. The quantitative estimate of drug-likeness (QED) is 0.485. The molecule has 3 aromatic heterocycles. The number of nitrogen functional groups attached to an aromatic ring is 1. The van der Waals surface area contributed by atoms with Gasteiger partial charge in [0, 0.05) is 0 Å². The average Bonchev–Trinajstić information content (AvgIpc) is 3.03. The Labute approximate surface area is 117 Å². The number of nitrogens with zero attached hydrogens (tertiary/aromatic N) is 4. The Kier molecular flexibility index (Phi) is 2.36. The molecule has 0 radical (unpaired) electrons. The van der Waals surface area contributed by atoms with E-state index in [1.165, 1.54) is 11.8 Å². The third-order valence-electron chi connectivity index (χ3n) is 2.83. The molecule has 0 aliphatic carbocycles. The summed E-state index contributed by atoms with van der Waals surface area (Å²) in [6, 6.07) is 7.85. The second kappa shape index (κ2) is 4.20. The lowest BCUT2D eigenvalue weighted by atomic mass is 10.3. The van der Waals surface area contributed by atoms with Crippen LogP contribution in [0.5, 0.6) is 0 Å². The molecule has 8 heteroatoms. The van der Waals surface area contributed by atoms with Crippen LogP contribution in [0.1, 0.15) is 0 Å². The SMILES string of the molecule is Nc1nc(Sc2nc3ccccc3[nH]2)c2[nH]cnc2n1. The number of aromatic amines is 2. The van der Waals surface area contributed by atoms with Gasteiger partial charge < -0.3 is 15.7 Å². The molecule has 4 N–H and O–H groups in total. The minimum absolute atomic E-state index is 0.197. The summed E-state index contributed by atoms with van der Waals surface area (Å²) in [7, 11) is 0. The predicted octanol–water partition coefficient (Wildman–Crippen LogP) is 1.96. The van der Waals surface area contributed by atoms with E-state index < -0.39 is 0 Å². The molecule has 0 aliphatic heterocycles. The van der Waals surface area contributed by atoms with Crippen molar-refractivity contribution in [1.82, 2.24) is 29.9 Å². The fraction of sp³-hybridized carbons (Fsp3) is 0. The summed E-state index contributed by atoms with van der Waals surface area (Å²) < 4.78 is 0. The molecule has 0 saturated carbocycles.